The van der Waals surface area contributed by atoms with Gasteiger partial charge in [0, 0.05) is 29.5 Å². The number of carbonyl (C=O) groups excluding carboxylic acids is 1. The van der Waals surface area contributed by atoms with E-state index in [1.54, 1.807) is 23.6 Å². The molecule has 1 atom stereocenters. The number of nitrogens with zero attached hydrogens (tertiary/aromatic N) is 2. The molecular formula is C19H20N4OS. The minimum Gasteiger partial charge on any atom is -0.376 e. The summed E-state index contributed by atoms with van der Waals surface area (Å²) in [5, 5.41) is 7.28. The van der Waals surface area contributed by atoms with Crippen molar-refractivity contribution in [2.24, 2.45) is 0 Å². The highest BCUT2D eigenvalue weighted by Gasteiger charge is 2.12. The summed E-state index contributed by atoms with van der Waals surface area (Å²) in [6.45, 7) is 4.57. The van der Waals surface area contributed by atoms with Crippen LogP contribution in [-0.4, -0.2) is 15.9 Å². The molecule has 0 saturated heterocycles. The fourth-order valence-electron chi connectivity index (χ4n) is 2.40. The molecule has 0 spiro atoms. The van der Waals surface area contributed by atoms with E-state index in [1.165, 1.54) is 4.88 Å². The standard InChI is InChI=1S/C19H20N4OS/c1-13-11-22-19(25-13)14(2)23-16-8-9-20-17(10-16)18(24)21-12-15-6-4-3-5-7-15/h3-11,14H,12H2,1-2H3,(H,20,23)(H,21,24). The summed E-state index contributed by atoms with van der Waals surface area (Å²) in [7, 11) is 0. The number of hydrogen-bond acceptors (Lipinski definition) is 5. The van der Waals surface area contributed by atoms with E-state index in [0.717, 1.165) is 16.3 Å². The number of rotatable bonds is 6. The van der Waals surface area contributed by atoms with Gasteiger partial charge in [0.25, 0.3) is 5.91 Å². The van der Waals surface area contributed by atoms with E-state index >= 15 is 0 Å². The second kappa shape index (κ2) is 7.90. The average molecular weight is 352 g/mol. The minimum atomic E-state index is -0.190. The zero-order valence-electron chi connectivity index (χ0n) is 14.2. The maximum atomic E-state index is 12.3. The van der Waals surface area contributed by atoms with Crippen molar-refractivity contribution < 1.29 is 4.79 Å². The quantitative estimate of drug-likeness (QED) is 0.705. The lowest BCUT2D eigenvalue weighted by molar-refractivity contribution is 0.0946. The molecule has 25 heavy (non-hydrogen) atoms. The van der Waals surface area contributed by atoms with Crippen molar-refractivity contribution in [2.45, 2.75) is 26.4 Å². The number of pyridine rings is 1. The van der Waals surface area contributed by atoms with Crippen LogP contribution in [0, 0.1) is 6.92 Å². The molecule has 0 saturated carbocycles. The van der Waals surface area contributed by atoms with E-state index in [0.29, 0.717) is 12.2 Å². The Labute approximate surface area is 151 Å². The second-order valence-electron chi connectivity index (χ2n) is 5.77. The fourth-order valence-corrected chi connectivity index (χ4v) is 3.17. The molecule has 3 rings (SSSR count). The van der Waals surface area contributed by atoms with Crippen molar-refractivity contribution in [1.29, 1.82) is 0 Å². The SMILES string of the molecule is Cc1cnc(C(C)Nc2ccnc(C(=O)NCc3ccccc3)c2)s1. The van der Waals surface area contributed by atoms with Crippen LogP contribution in [0.3, 0.4) is 0 Å². The van der Waals surface area contributed by atoms with Crippen LogP contribution in [-0.2, 0) is 6.54 Å². The topological polar surface area (TPSA) is 66.9 Å². The highest BCUT2D eigenvalue weighted by atomic mass is 32.1. The molecule has 0 radical (unpaired) electrons. The second-order valence-corrected chi connectivity index (χ2v) is 7.04. The molecule has 0 aliphatic heterocycles. The van der Waals surface area contributed by atoms with E-state index in [1.807, 2.05) is 56.4 Å². The Balaban J connectivity index is 1.63. The Morgan fingerprint density at radius 1 is 1.20 bits per heavy atom. The van der Waals surface area contributed by atoms with Crippen molar-refractivity contribution in [3.63, 3.8) is 0 Å². The summed E-state index contributed by atoms with van der Waals surface area (Å²) in [5.41, 5.74) is 2.29. The molecule has 1 unspecified atom stereocenters. The van der Waals surface area contributed by atoms with Gasteiger partial charge in [0.1, 0.15) is 10.7 Å². The molecule has 128 valence electrons. The van der Waals surface area contributed by atoms with Crippen LogP contribution in [0.4, 0.5) is 5.69 Å². The first-order valence-corrected chi connectivity index (χ1v) is 8.90. The minimum absolute atomic E-state index is 0.0707. The van der Waals surface area contributed by atoms with Gasteiger partial charge in [-0.05, 0) is 31.5 Å². The van der Waals surface area contributed by atoms with Gasteiger partial charge in [-0.2, -0.15) is 0 Å². The zero-order valence-corrected chi connectivity index (χ0v) is 15.0. The van der Waals surface area contributed by atoms with Crippen molar-refractivity contribution in [3.8, 4) is 0 Å². The van der Waals surface area contributed by atoms with E-state index in [4.69, 9.17) is 0 Å². The summed E-state index contributed by atoms with van der Waals surface area (Å²) in [6, 6.07) is 13.5. The largest absolute Gasteiger partial charge is 0.376 e. The Bertz CT molecular complexity index is 847. The van der Waals surface area contributed by atoms with Crippen LogP contribution < -0.4 is 10.6 Å². The molecule has 2 N–H and O–H groups in total. The summed E-state index contributed by atoms with van der Waals surface area (Å²) in [5.74, 6) is -0.190. The maximum absolute atomic E-state index is 12.3. The van der Waals surface area contributed by atoms with Crippen LogP contribution in [0.25, 0.3) is 0 Å². The molecule has 0 aliphatic carbocycles. The zero-order chi connectivity index (χ0) is 17.6. The van der Waals surface area contributed by atoms with E-state index in [9.17, 15) is 4.79 Å². The molecule has 1 aromatic carbocycles. The number of amides is 1. The van der Waals surface area contributed by atoms with Gasteiger partial charge < -0.3 is 10.6 Å². The van der Waals surface area contributed by atoms with E-state index < -0.39 is 0 Å². The van der Waals surface area contributed by atoms with Gasteiger partial charge in [-0.1, -0.05) is 30.3 Å². The summed E-state index contributed by atoms with van der Waals surface area (Å²) < 4.78 is 0. The van der Waals surface area contributed by atoms with Crippen LogP contribution in [0.15, 0.2) is 54.9 Å². The third-order valence-corrected chi connectivity index (χ3v) is 4.78. The van der Waals surface area contributed by atoms with Crippen LogP contribution in [0.5, 0.6) is 0 Å². The highest BCUT2D eigenvalue weighted by Crippen LogP contribution is 2.23. The molecule has 6 heteroatoms. The molecule has 0 fully saturated rings. The maximum Gasteiger partial charge on any atom is 0.270 e. The lowest BCUT2D eigenvalue weighted by Gasteiger charge is -2.13. The molecule has 0 bridgehead atoms. The van der Waals surface area contributed by atoms with Crippen molar-refractivity contribution in [2.75, 3.05) is 5.32 Å². The average Bonchev–Trinajstić information content (AvgIpc) is 3.07. The van der Waals surface area contributed by atoms with Gasteiger partial charge in [0.15, 0.2) is 0 Å². The first kappa shape index (κ1) is 17.1. The first-order chi connectivity index (χ1) is 12.1. The molecule has 5 nitrogen and oxygen atoms in total. The number of carbonyl (C=O) groups is 1. The fraction of sp³-hybridized carbons (Fsp3) is 0.211. The first-order valence-electron chi connectivity index (χ1n) is 8.09. The smallest absolute Gasteiger partial charge is 0.270 e. The Hall–Kier alpha value is -2.73. The predicted molar refractivity (Wildman–Crippen MR) is 101 cm³/mol. The third-order valence-electron chi connectivity index (χ3n) is 3.68. The van der Waals surface area contributed by atoms with Gasteiger partial charge in [-0.25, -0.2) is 4.98 Å². The normalized spacial score (nSPS) is 11.8. The predicted octanol–water partition coefficient (Wildman–Crippen LogP) is 3.95. The number of nitrogens with one attached hydrogen (secondary N) is 2. The van der Waals surface area contributed by atoms with Gasteiger partial charge in [-0.15, -0.1) is 11.3 Å². The van der Waals surface area contributed by atoms with Crippen molar-refractivity contribution >= 4 is 22.9 Å². The number of aromatic nitrogens is 2. The van der Waals surface area contributed by atoms with Gasteiger partial charge in [-0.3, -0.25) is 9.78 Å². The Morgan fingerprint density at radius 3 is 2.72 bits per heavy atom. The van der Waals surface area contributed by atoms with Crippen molar-refractivity contribution in [3.05, 3.63) is 76.0 Å². The van der Waals surface area contributed by atoms with Crippen LogP contribution in [0.2, 0.25) is 0 Å². The number of thiazole rings is 1. The van der Waals surface area contributed by atoms with Gasteiger partial charge in [0.2, 0.25) is 0 Å². The summed E-state index contributed by atoms with van der Waals surface area (Å²) in [4.78, 5) is 22.1. The lowest BCUT2D eigenvalue weighted by atomic mass is 10.2. The number of hydrogen-bond donors (Lipinski definition) is 2. The number of anilines is 1. The summed E-state index contributed by atoms with van der Waals surface area (Å²) >= 11 is 1.66. The van der Waals surface area contributed by atoms with Crippen LogP contribution in [0.1, 0.15) is 38.9 Å². The van der Waals surface area contributed by atoms with Crippen molar-refractivity contribution in [1.82, 2.24) is 15.3 Å². The monoisotopic (exact) mass is 352 g/mol. The number of aryl methyl sites for hydroxylation is 1. The third kappa shape index (κ3) is 4.64. The van der Waals surface area contributed by atoms with E-state index in [-0.39, 0.29) is 11.9 Å². The lowest BCUT2D eigenvalue weighted by Crippen LogP contribution is -2.23. The molecule has 0 aliphatic rings. The van der Waals surface area contributed by atoms with Crippen LogP contribution >= 0.6 is 11.3 Å². The van der Waals surface area contributed by atoms with Gasteiger partial charge in [0.05, 0.1) is 6.04 Å². The molecular weight excluding hydrogens is 332 g/mol. The molecule has 1 amide bonds. The Morgan fingerprint density at radius 2 is 2.00 bits per heavy atom. The Kier molecular flexibility index (Phi) is 5.40. The number of benzene rings is 1. The molecule has 2 aromatic heterocycles. The summed E-state index contributed by atoms with van der Waals surface area (Å²) in [6.07, 6.45) is 3.51. The van der Waals surface area contributed by atoms with Gasteiger partial charge >= 0.3 is 0 Å². The molecule has 2 heterocycles. The van der Waals surface area contributed by atoms with E-state index in [2.05, 4.69) is 20.6 Å². The highest BCUT2D eigenvalue weighted by molar-refractivity contribution is 7.11. The molecule has 3 aromatic rings.